The Morgan fingerprint density at radius 3 is 2.62 bits per heavy atom. The van der Waals surface area contributed by atoms with Crippen LogP contribution in [0.25, 0.3) is 0 Å². The summed E-state index contributed by atoms with van der Waals surface area (Å²) >= 11 is 0. The van der Waals surface area contributed by atoms with E-state index in [2.05, 4.69) is 10.3 Å². The second-order valence-electron chi connectivity index (χ2n) is 4.83. The summed E-state index contributed by atoms with van der Waals surface area (Å²) < 4.78 is 11.0. The number of hydrogen-bond acceptors (Lipinski definition) is 4. The zero-order valence-corrected chi connectivity index (χ0v) is 11.7. The highest BCUT2D eigenvalue weighted by Gasteiger charge is 2.16. The molecule has 0 aliphatic carbocycles. The monoisotopic (exact) mass is 284 g/mol. The molecule has 0 spiro atoms. The summed E-state index contributed by atoms with van der Waals surface area (Å²) in [6.45, 7) is 3.05. The van der Waals surface area contributed by atoms with Crippen molar-refractivity contribution in [1.29, 1.82) is 0 Å². The number of ether oxygens (including phenoxy) is 2. The molecule has 0 unspecified atom stereocenters. The average Bonchev–Trinajstić information content (AvgIpc) is 2.55. The molecule has 0 saturated carbocycles. The summed E-state index contributed by atoms with van der Waals surface area (Å²) in [6.07, 6.45) is 3.20. The number of nitrogens with zero attached hydrogens (tertiary/aromatic N) is 1. The van der Waals surface area contributed by atoms with Gasteiger partial charge in [0, 0.05) is 18.0 Å². The molecule has 108 valence electrons. The van der Waals surface area contributed by atoms with E-state index < -0.39 is 0 Å². The highest BCUT2D eigenvalue weighted by Crippen LogP contribution is 2.32. The van der Waals surface area contributed by atoms with Crippen LogP contribution in [0.2, 0.25) is 0 Å². The fourth-order valence-corrected chi connectivity index (χ4v) is 2.20. The van der Waals surface area contributed by atoms with Crippen LogP contribution in [-0.2, 0) is 0 Å². The number of carbonyl (C=O) groups excluding carboxylic acids is 1. The van der Waals surface area contributed by atoms with Crippen LogP contribution in [0.15, 0.2) is 42.7 Å². The lowest BCUT2D eigenvalue weighted by atomic mass is 10.1. The Labute approximate surface area is 122 Å². The number of rotatable bonds is 3. The van der Waals surface area contributed by atoms with E-state index in [0.29, 0.717) is 18.8 Å². The zero-order valence-electron chi connectivity index (χ0n) is 11.7. The lowest BCUT2D eigenvalue weighted by molar-refractivity contribution is 0.0939. The number of aromatic nitrogens is 1. The Morgan fingerprint density at radius 2 is 1.86 bits per heavy atom. The summed E-state index contributed by atoms with van der Waals surface area (Å²) in [4.78, 5) is 16.0. The Morgan fingerprint density at radius 1 is 1.14 bits per heavy atom. The van der Waals surface area contributed by atoms with Gasteiger partial charge in [0.1, 0.15) is 13.2 Å². The normalized spacial score (nSPS) is 14.3. The van der Waals surface area contributed by atoms with Gasteiger partial charge in [-0.15, -0.1) is 0 Å². The molecule has 1 aliphatic rings. The third kappa shape index (κ3) is 2.97. The number of hydrogen-bond donors (Lipinski definition) is 1. The van der Waals surface area contributed by atoms with Crippen molar-refractivity contribution in [3.63, 3.8) is 0 Å². The Kier molecular flexibility index (Phi) is 3.73. The van der Waals surface area contributed by atoms with Gasteiger partial charge in [-0.3, -0.25) is 9.78 Å². The van der Waals surface area contributed by atoms with Gasteiger partial charge in [-0.2, -0.15) is 0 Å². The van der Waals surface area contributed by atoms with E-state index in [1.165, 1.54) is 0 Å². The van der Waals surface area contributed by atoms with Gasteiger partial charge in [0.15, 0.2) is 11.5 Å². The summed E-state index contributed by atoms with van der Waals surface area (Å²) in [5.74, 6) is 1.35. The average molecular weight is 284 g/mol. The molecule has 1 amide bonds. The van der Waals surface area contributed by atoms with Gasteiger partial charge < -0.3 is 14.8 Å². The SMILES string of the molecule is C[C@@H](NC(=O)c1ccncc1)c1ccc2c(c1)OCCO2. The van der Waals surface area contributed by atoms with Crippen molar-refractivity contribution in [2.75, 3.05) is 13.2 Å². The molecule has 21 heavy (non-hydrogen) atoms. The van der Waals surface area contributed by atoms with E-state index in [9.17, 15) is 4.79 Å². The second-order valence-corrected chi connectivity index (χ2v) is 4.83. The van der Waals surface area contributed by atoms with Crippen LogP contribution in [0.5, 0.6) is 11.5 Å². The Balaban J connectivity index is 1.73. The van der Waals surface area contributed by atoms with E-state index in [-0.39, 0.29) is 11.9 Å². The Hall–Kier alpha value is -2.56. The molecule has 1 N–H and O–H groups in total. The first-order chi connectivity index (χ1) is 10.2. The van der Waals surface area contributed by atoms with Gasteiger partial charge in [-0.1, -0.05) is 6.07 Å². The molecule has 5 nitrogen and oxygen atoms in total. The van der Waals surface area contributed by atoms with Gasteiger partial charge in [0.05, 0.1) is 6.04 Å². The van der Waals surface area contributed by atoms with E-state index >= 15 is 0 Å². The minimum Gasteiger partial charge on any atom is -0.486 e. The Bertz CT molecular complexity index is 643. The fraction of sp³-hybridized carbons (Fsp3) is 0.250. The second kappa shape index (κ2) is 5.83. The summed E-state index contributed by atoms with van der Waals surface area (Å²) in [5.41, 5.74) is 1.57. The number of amides is 1. The molecule has 3 rings (SSSR count). The number of nitrogens with one attached hydrogen (secondary N) is 1. The highest BCUT2D eigenvalue weighted by atomic mass is 16.6. The van der Waals surface area contributed by atoms with E-state index in [1.807, 2.05) is 25.1 Å². The highest BCUT2D eigenvalue weighted by molar-refractivity contribution is 5.94. The zero-order chi connectivity index (χ0) is 14.7. The molecule has 0 fully saturated rings. The van der Waals surface area contributed by atoms with Crippen molar-refractivity contribution in [3.8, 4) is 11.5 Å². The predicted molar refractivity (Wildman–Crippen MR) is 77.6 cm³/mol. The molecule has 5 heteroatoms. The number of fused-ring (bicyclic) bond motifs is 1. The van der Waals surface area contributed by atoms with Gasteiger partial charge in [-0.25, -0.2) is 0 Å². The fourth-order valence-electron chi connectivity index (χ4n) is 2.20. The molecule has 0 bridgehead atoms. The summed E-state index contributed by atoms with van der Waals surface area (Å²) in [5, 5.41) is 2.96. The topological polar surface area (TPSA) is 60.5 Å². The smallest absolute Gasteiger partial charge is 0.251 e. The molecule has 2 heterocycles. The maximum absolute atomic E-state index is 12.1. The third-order valence-electron chi connectivity index (χ3n) is 3.36. The number of benzene rings is 1. The first-order valence-corrected chi connectivity index (χ1v) is 6.84. The quantitative estimate of drug-likeness (QED) is 0.939. The van der Waals surface area contributed by atoms with E-state index in [0.717, 1.165) is 17.1 Å². The van der Waals surface area contributed by atoms with Gasteiger partial charge in [0.2, 0.25) is 0 Å². The molecule has 1 aromatic carbocycles. The molecule has 0 saturated heterocycles. The third-order valence-corrected chi connectivity index (χ3v) is 3.36. The lowest BCUT2D eigenvalue weighted by Crippen LogP contribution is -2.26. The van der Waals surface area contributed by atoms with Crippen molar-refractivity contribution in [3.05, 3.63) is 53.9 Å². The van der Waals surface area contributed by atoms with Gasteiger partial charge in [0.25, 0.3) is 5.91 Å². The van der Waals surface area contributed by atoms with Gasteiger partial charge >= 0.3 is 0 Å². The first-order valence-electron chi connectivity index (χ1n) is 6.84. The van der Waals surface area contributed by atoms with E-state index in [4.69, 9.17) is 9.47 Å². The standard InChI is InChI=1S/C16H16N2O3/c1-11(18-16(19)12-4-6-17-7-5-12)13-2-3-14-15(10-13)21-9-8-20-14/h2-7,10-11H,8-9H2,1H3,(H,18,19)/t11-/m1/s1. The largest absolute Gasteiger partial charge is 0.486 e. The minimum atomic E-state index is -0.125. The maximum atomic E-state index is 12.1. The van der Waals surface area contributed by atoms with Crippen LogP contribution in [-0.4, -0.2) is 24.1 Å². The van der Waals surface area contributed by atoms with Crippen LogP contribution in [0.4, 0.5) is 0 Å². The van der Waals surface area contributed by atoms with Crippen LogP contribution < -0.4 is 14.8 Å². The van der Waals surface area contributed by atoms with Crippen molar-refractivity contribution in [1.82, 2.24) is 10.3 Å². The lowest BCUT2D eigenvalue weighted by Gasteiger charge is -2.21. The maximum Gasteiger partial charge on any atom is 0.251 e. The minimum absolute atomic E-state index is 0.124. The first kappa shape index (κ1) is 13.4. The molecule has 1 atom stereocenters. The molecule has 1 aromatic heterocycles. The molecule has 1 aliphatic heterocycles. The summed E-state index contributed by atoms with van der Waals surface area (Å²) in [6, 6.07) is 8.97. The molecular formula is C16H16N2O3. The van der Waals surface area contributed by atoms with Crippen LogP contribution >= 0.6 is 0 Å². The molecular weight excluding hydrogens is 268 g/mol. The van der Waals surface area contributed by atoms with Crippen molar-refractivity contribution in [2.24, 2.45) is 0 Å². The van der Waals surface area contributed by atoms with E-state index in [1.54, 1.807) is 24.5 Å². The van der Waals surface area contributed by atoms with Crippen molar-refractivity contribution in [2.45, 2.75) is 13.0 Å². The molecule has 0 radical (unpaired) electrons. The van der Waals surface area contributed by atoms with Gasteiger partial charge in [-0.05, 0) is 36.8 Å². The molecule has 2 aromatic rings. The van der Waals surface area contributed by atoms with Crippen LogP contribution in [0.1, 0.15) is 28.9 Å². The van der Waals surface area contributed by atoms with Crippen molar-refractivity contribution >= 4 is 5.91 Å². The van der Waals surface area contributed by atoms with Crippen LogP contribution in [0, 0.1) is 0 Å². The van der Waals surface area contributed by atoms with Crippen molar-refractivity contribution < 1.29 is 14.3 Å². The number of pyridine rings is 1. The van der Waals surface area contributed by atoms with Crippen LogP contribution in [0.3, 0.4) is 0 Å². The predicted octanol–water partition coefficient (Wildman–Crippen LogP) is 2.34. The summed E-state index contributed by atoms with van der Waals surface area (Å²) in [7, 11) is 0. The number of carbonyl (C=O) groups is 1.